The first kappa shape index (κ1) is 13.5. The highest BCUT2D eigenvalue weighted by Gasteiger charge is 2.16. The molecule has 0 amide bonds. The molecular formula is C14H21N5. The van der Waals surface area contributed by atoms with Crippen LogP contribution in [0.3, 0.4) is 0 Å². The number of hydrogen-bond donors (Lipinski definition) is 1. The number of hydrogen-bond acceptors (Lipinski definition) is 4. The molecule has 0 aliphatic carbocycles. The van der Waals surface area contributed by atoms with Gasteiger partial charge in [-0.25, -0.2) is 15.0 Å². The van der Waals surface area contributed by atoms with E-state index in [0.717, 1.165) is 35.3 Å². The molecular weight excluding hydrogens is 238 g/mol. The Balaban J connectivity index is 2.65. The van der Waals surface area contributed by atoms with Crippen molar-refractivity contribution in [2.24, 2.45) is 0 Å². The summed E-state index contributed by atoms with van der Waals surface area (Å²) >= 11 is 0. The van der Waals surface area contributed by atoms with Crippen molar-refractivity contribution in [2.75, 3.05) is 12.4 Å². The van der Waals surface area contributed by atoms with Crippen LogP contribution < -0.4 is 5.32 Å². The fraction of sp³-hybridized carbons (Fsp3) is 0.500. The summed E-state index contributed by atoms with van der Waals surface area (Å²) < 4.78 is 2.10. The molecule has 0 saturated heterocycles. The van der Waals surface area contributed by atoms with Crippen LogP contribution in [0.1, 0.15) is 38.1 Å². The zero-order valence-corrected chi connectivity index (χ0v) is 12.2. The summed E-state index contributed by atoms with van der Waals surface area (Å²) in [6, 6.07) is 0. The Hall–Kier alpha value is -1.91. The lowest BCUT2D eigenvalue weighted by molar-refractivity contribution is 0.750. The third-order valence-electron chi connectivity index (χ3n) is 3.18. The maximum Gasteiger partial charge on any atom is 0.159 e. The van der Waals surface area contributed by atoms with Crippen molar-refractivity contribution >= 4 is 5.82 Å². The van der Waals surface area contributed by atoms with Crippen molar-refractivity contribution in [2.45, 2.75) is 40.2 Å². The lowest BCUT2D eigenvalue weighted by atomic mass is 10.1. The Morgan fingerprint density at radius 1 is 1.32 bits per heavy atom. The number of aromatic nitrogens is 4. The van der Waals surface area contributed by atoms with E-state index in [1.165, 1.54) is 0 Å². The van der Waals surface area contributed by atoms with Crippen LogP contribution in [-0.2, 0) is 6.54 Å². The molecule has 2 aromatic heterocycles. The summed E-state index contributed by atoms with van der Waals surface area (Å²) in [4.78, 5) is 13.7. The van der Waals surface area contributed by atoms with Crippen LogP contribution in [0.15, 0.2) is 12.4 Å². The van der Waals surface area contributed by atoms with Gasteiger partial charge in [-0.1, -0.05) is 13.8 Å². The molecule has 5 nitrogen and oxygen atoms in total. The maximum absolute atomic E-state index is 4.70. The van der Waals surface area contributed by atoms with Gasteiger partial charge in [0.2, 0.25) is 0 Å². The lowest BCUT2D eigenvalue weighted by Crippen LogP contribution is -2.08. The van der Waals surface area contributed by atoms with Crippen molar-refractivity contribution in [3.05, 3.63) is 23.8 Å². The van der Waals surface area contributed by atoms with Crippen molar-refractivity contribution in [1.29, 1.82) is 0 Å². The number of imidazole rings is 1. The fourth-order valence-corrected chi connectivity index (χ4v) is 2.03. The molecule has 2 heterocycles. The van der Waals surface area contributed by atoms with Gasteiger partial charge in [0.1, 0.15) is 17.3 Å². The van der Waals surface area contributed by atoms with Gasteiger partial charge in [-0.3, -0.25) is 0 Å². The van der Waals surface area contributed by atoms with Gasteiger partial charge in [-0.2, -0.15) is 0 Å². The molecule has 102 valence electrons. The predicted molar refractivity (Wildman–Crippen MR) is 77.3 cm³/mol. The Morgan fingerprint density at radius 3 is 2.63 bits per heavy atom. The average Bonchev–Trinajstić information content (AvgIpc) is 2.86. The molecule has 0 aliphatic rings. The maximum atomic E-state index is 4.70. The molecule has 19 heavy (non-hydrogen) atoms. The van der Waals surface area contributed by atoms with Crippen molar-refractivity contribution in [1.82, 2.24) is 19.5 Å². The quantitative estimate of drug-likeness (QED) is 0.917. The molecule has 0 spiro atoms. The van der Waals surface area contributed by atoms with E-state index < -0.39 is 0 Å². The molecule has 0 atom stereocenters. The minimum atomic E-state index is 0.288. The van der Waals surface area contributed by atoms with Crippen LogP contribution >= 0.6 is 0 Å². The van der Waals surface area contributed by atoms with E-state index in [-0.39, 0.29) is 5.92 Å². The average molecular weight is 259 g/mol. The molecule has 2 rings (SSSR count). The minimum absolute atomic E-state index is 0.288. The molecule has 0 saturated carbocycles. The molecule has 0 radical (unpaired) electrons. The third kappa shape index (κ3) is 2.45. The van der Waals surface area contributed by atoms with E-state index in [1.54, 1.807) is 0 Å². The number of rotatable bonds is 4. The van der Waals surface area contributed by atoms with Gasteiger partial charge >= 0.3 is 0 Å². The van der Waals surface area contributed by atoms with Gasteiger partial charge in [0.15, 0.2) is 5.82 Å². The van der Waals surface area contributed by atoms with E-state index in [9.17, 15) is 0 Å². The van der Waals surface area contributed by atoms with Crippen LogP contribution in [0.4, 0.5) is 5.82 Å². The molecule has 0 bridgehead atoms. The zero-order chi connectivity index (χ0) is 14.0. The highest BCUT2D eigenvalue weighted by molar-refractivity contribution is 5.63. The number of nitrogens with one attached hydrogen (secondary N) is 1. The van der Waals surface area contributed by atoms with Gasteiger partial charge in [-0.05, 0) is 13.8 Å². The Bertz CT molecular complexity index is 571. The molecule has 0 aromatic carbocycles. The summed E-state index contributed by atoms with van der Waals surface area (Å²) in [5, 5.41) is 3.14. The van der Waals surface area contributed by atoms with Crippen LogP contribution in [0.25, 0.3) is 11.5 Å². The van der Waals surface area contributed by atoms with Gasteiger partial charge in [-0.15, -0.1) is 0 Å². The summed E-state index contributed by atoms with van der Waals surface area (Å²) in [5.74, 6) is 2.91. The van der Waals surface area contributed by atoms with Crippen LogP contribution in [0.5, 0.6) is 0 Å². The zero-order valence-electron chi connectivity index (χ0n) is 12.2. The van der Waals surface area contributed by atoms with E-state index in [0.29, 0.717) is 0 Å². The Labute approximate surface area is 114 Å². The van der Waals surface area contributed by atoms with Crippen molar-refractivity contribution < 1.29 is 0 Å². The second-order valence-corrected chi connectivity index (χ2v) is 4.85. The minimum Gasteiger partial charge on any atom is -0.373 e. The largest absolute Gasteiger partial charge is 0.373 e. The van der Waals surface area contributed by atoms with Crippen molar-refractivity contribution in [3.8, 4) is 11.5 Å². The number of nitrogens with zero attached hydrogens (tertiary/aromatic N) is 4. The van der Waals surface area contributed by atoms with Gasteiger partial charge in [0, 0.05) is 37.5 Å². The lowest BCUT2D eigenvalue weighted by Gasteiger charge is -2.14. The van der Waals surface area contributed by atoms with E-state index in [2.05, 4.69) is 40.6 Å². The first-order chi connectivity index (χ1) is 9.08. The summed E-state index contributed by atoms with van der Waals surface area (Å²) in [6.07, 6.45) is 3.79. The molecule has 0 unspecified atom stereocenters. The number of aryl methyl sites for hydroxylation is 1. The topological polar surface area (TPSA) is 55.6 Å². The second-order valence-electron chi connectivity index (χ2n) is 4.85. The van der Waals surface area contributed by atoms with E-state index in [4.69, 9.17) is 4.98 Å². The SMILES string of the molecule is CCn1ccnc1-c1nc(C(C)C)nc(NC)c1C. The monoisotopic (exact) mass is 259 g/mol. The second kappa shape index (κ2) is 5.38. The fourth-order valence-electron chi connectivity index (χ4n) is 2.03. The number of anilines is 1. The third-order valence-corrected chi connectivity index (χ3v) is 3.18. The first-order valence-corrected chi connectivity index (χ1v) is 6.66. The van der Waals surface area contributed by atoms with Gasteiger partial charge < -0.3 is 9.88 Å². The van der Waals surface area contributed by atoms with E-state index >= 15 is 0 Å². The highest BCUT2D eigenvalue weighted by Crippen LogP contribution is 2.26. The standard InChI is InChI=1S/C14H21N5/c1-6-19-8-7-16-14(19)11-10(4)13(15-5)18-12(17-11)9(2)3/h7-9H,6H2,1-5H3,(H,15,17,18). The summed E-state index contributed by atoms with van der Waals surface area (Å²) in [5.41, 5.74) is 1.95. The normalized spacial score (nSPS) is 11.1. The van der Waals surface area contributed by atoms with Crippen LogP contribution in [0, 0.1) is 6.92 Å². The molecule has 5 heteroatoms. The predicted octanol–water partition coefficient (Wildman–Crippen LogP) is 2.83. The molecule has 0 aliphatic heterocycles. The molecule has 1 N–H and O–H groups in total. The van der Waals surface area contributed by atoms with Crippen molar-refractivity contribution in [3.63, 3.8) is 0 Å². The van der Waals surface area contributed by atoms with Gasteiger partial charge in [0.05, 0.1) is 0 Å². The molecule has 2 aromatic rings. The van der Waals surface area contributed by atoms with Crippen LogP contribution in [0.2, 0.25) is 0 Å². The summed E-state index contributed by atoms with van der Waals surface area (Å²) in [6.45, 7) is 9.20. The smallest absolute Gasteiger partial charge is 0.159 e. The Kier molecular flexibility index (Phi) is 3.83. The van der Waals surface area contributed by atoms with Crippen LogP contribution in [-0.4, -0.2) is 26.6 Å². The van der Waals surface area contributed by atoms with Gasteiger partial charge in [0.25, 0.3) is 0 Å². The Morgan fingerprint density at radius 2 is 2.05 bits per heavy atom. The summed E-state index contributed by atoms with van der Waals surface area (Å²) in [7, 11) is 1.88. The first-order valence-electron chi connectivity index (χ1n) is 6.66. The highest BCUT2D eigenvalue weighted by atomic mass is 15.1. The van der Waals surface area contributed by atoms with E-state index in [1.807, 2.05) is 26.4 Å². The molecule has 0 fully saturated rings.